The van der Waals surface area contributed by atoms with E-state index < -0.39 is 0 Å². The fraction of sp³-hybridized carbons (Fsp3) is 0.111. The van der Waals surface area contributed by atoms with Crippen molar-refractivity contribution in [2.45, 2.75) is 0 Å². The Bertz CT molecular complexity index is 1120. The van der Waals surface area contributed by atoms with E-state index in [2.05, 4.69) is 23.7 Å². The molecule has 148 valence electrons. The Kier molecular flexibility index (Phi) is 7.20. The first-order chi connectivity index (χ1) is 14.7. The number of hydrogen-bond donors (Lipinski definition) is 0. The Morgan fingerprint density at radius 2 is 1.03 bits per heavy atom. The summed E-state index contributed by atoms with van der Waals surface area (Å²) in [5.41, 5.74) is 3.61. The molecule has 0 heterocycles. The van der Waals surface area contributed by atoms with Gasteiger partial charge < -0.3 is 14.2 Å². The quantitative estimate of drug-likeness (QED) is 0.570. The van der Waals surface area contributed by atoms with Crippen molar-refractivity contribution in [3.8, 4) is 40.9 Å². The minimum absolute atomic E-state index is 0.797. The molecule has 0 aliphatic rings. The largest absolute Gasteiger partial charge is 0.497 e. The summed E-state index contributed by atoms with van der Waals surface area (Å²) in [7, 11) is 4.94. The van der Waals surface area contributed by atoms with Crippen molar-refractivity contribution in [1.29, 1.82) is 0 Å². The van der Waals surface area contributed by atoms with Gasteiger partial charge >= 0.3 is 0 Å². The van der Waals surface area contributed by atoms with Crippen LogP contribution in [0, 0.1) is 23.7 Å². The van der Waals surface area contributed by atoms with Gasteiger partial charge in [0.15, 0.2) is 0 Å². The lowest BCUT2D eigenvalue weighted by Gasteiger charge is -2.02. The zero-order valence-electron chi connectivity index (χ0n) is 17.2. The molecule has 0 aliphatic heterocycles. The molecular weight excluding hydrogens is 372 g/mol. The van der Waals surface area contributed by atoms with E-state index in [1.165, 1.54) is 0 Å². The second kappa shape index (κ2) is 10.5. The number of ether oxygens (including phenoxy) is 3. The summed E-state index contributed by atoms with van der Waals surface area (Å²) >= 11 is 0. The van der Waals surface area contributed by atoms with Crippen molar-refractivity contribution in [3.63, 3.8) is 0 Å². The van der Waals surface area contributed by atoms with Gasteiger partial charge in [0.1, 0.15) is 17.2 Å². The lowest BCUT2D eigenvalue weighted by Crippen LogP contribution is -1.86. The molecule has 0 aliphatic carbocycles. The normalized spacial score (nSPS) is 10.2. The summed E-state index contributed by atoms with van der Waals surface area (Å²) in [5.74, 6) is 15.1. The van der Waals surface area contributed by atoms with E-state index >= 15 is 0 Å². The fourth-order valence-electron chi connectivity index (χ4n) is 2.64. The topological polar surface area (TPSA) is 27.7 Å². The minimum Gasteiger partial charge on any atom is -0.497 e. The van der Waals surface area contributed by atoms with Crippen LogP contribution < -0.4 is 14.2 Å². The van der Waals surface area contributed by atoms with E-state index in [1.54, 1.807) is 21.3 Å². The summed E-state index contributed by atoms with van der Waals surface area (Å²) in [6, 6.07) is 23.1. The highest BCUT2D eigenvalue weighted by Crippen LogP contribution is 2.19. The van der Waals surface area contributed by atoms with E-state index in [-0.39, 0.29) is 0 Å². The summed E-state index contributed by atoms with van der Waals surface area (Å²) < 4.78 is 15.6. The van der Waals surface area contributed by atoms with Crippen molar-refractivity contribution >= 4 is 5.57 Å². The predicted molar refractivity (Wildman–Crippen MR) is 121 cm³/mol. The Balaban J connectivity index is 1.91. The first kappa shape index (κ1) is 20.6. The lowest BCUT2D eigenvalue weighted by molar-refractivity contribution is 0.414. The van der Waals surface area contributed by atoms with Crippen molar-refractivity contribution < 1.29 is 14.2 Å². The predicted octanol–water partition coefficient (Wildman–Crippen LogP) is 5.20. The maximum absolute atomic E-state index is 5.25. The molecule has 3 rings (SSSR count). The van der Waals surface area contributed by atoms with Gasteiger partial charge in [-0.2, -0.15) is 0 Å². The van der Waals surface area contributed by atoms with Crippen LogP contribution in [0.15, 0.2) is 78.9 Å². The van der Waals surface area contributed by atoms with Crippen LogP contribution in [-0.2, 0) is 0 Å². The van der Waals surface area contributed by atoms with Crippen LogP contribution >= 0.6 is 0 Å². The number of hydrogen-bond acceptors (Lipinski definition) is 3. The molecule has 3 aromatic carbocycles. The van der Waals surface area contributed by atoms with E-state index in [4.69, 9.17) is 14.2 Å². The average molecular weight is 394 g/mol. The zero-order valence-corrected chi connectivity index (χ0v) is 17.2. The Morgan fingerprint density at radius 1 is 0.600 bits per heavy atom. The number of rotatable bonds is 4. The molecule has 0 fully saturated rings. The molecule has 0 N–H and O–H groups in total. The van der Waals surface area contributed by atoms with Crippen LogP contribution in [-0.4, -0.2) is 21.3 Å². The summed E-state index contributed by atoms with van der Waals surface area (Å²) in [4.78, 5) is 0. The second-order valence-corrected chi connectivity index (χ2v) is 6.26. The Morgan fingerprint density at radius 3 is 1.50 bits per heavy atom. The van der Waals surface area contributed by atoms with Crippen molar-refractivity contribution in [2.75, 3.05) is 21.3 Å². The summed E-state index contributed by atoms with van der Waals surface area (Å²) in [6.45, 7) is 0. The van der Waals surface area contributed by atoms with E-state index in [0.717, 1.165) is 39.5 Å². The molecule has 30 heavy (non-hydrogen) atoms. The number of allylic oxidation sites excluding steroid dienone is 2. The third-order valence-corrected chi connectivity index (χ3v) is 4.36. The van der Waals surface area contributed by atoms with Crippen molar-refractivity contribution in [1.82, 2.24) is 0 Å². The van der Waals surface area contributed by atoms with Crippen molar-refractivity contribution in [3.05, 3.63) is 95.6 Å². The van der Waals surface area contributed by atoms with Gasteiger partial charge in [0, 0.05) is 22.8 Å². The van der Waals surface area contributed by atoms with Crippen LogP contribution in [0.5, 0.6) is 17.2 Å². The lowest BCUT2D eigenvalue weighted by atomic mass is 10.0. The molecule has 0 aromatic heterocycles. The third-order valence-electron chi connectivity index (χ3n) is 4.36. The number of methoxy groups -OCH3 is 3. The monoisotopic (exact) mass is 394 g/mol. The van der Waals surface area contributed by atoms with E-state index in [9.17, 15) is 0 Å². The SMILES string of the molecule is COc1ccc(C#C/C=C(/C#Cc2ccc(OC)cc2)c2ccc(OC)cc2)cc1. The highest BCUT2D eigenvalue weighted by Gasteiger charge is 1.99. The molecule has 0 bridgehead atoms. The van der Waals surface area contributed by atoms with Crippen LogP contribution in [0.4, 0.5) is 0 Å². The molecule has 0 saturated carbocycles. The van der Waals surface area contributed by atoms with Crippen LogP contribution in [0.1, 0.15) is 16.7 Å². The summed E-state index contributed by atoms with van der Waals surface area (Å²) in [6.07, 6.45) is 1.84. The number of benzene rings is 3. The van der Waals surface area contributed by atoms with Gasteiger partial charge in [-0.05, 0) is 66.2 Å². The minimum atomic E-state index is 0.797. The Labute approximate surface area is 177 Å². The molecule has 0 atom stereocenters. The van der Waals surface area contributed by atoms with Gasteiger partial charge in [0.25, 0.3) is 0 Å². The fourth-order valence-corrected chi connectivity index (χ4v) is 2.64. The molecule has 0 amide bonds. The van der Waals surface area contributed by atoms with Gasteiger partial charge in [-0.25, -0.2) is 0 Å². The first-order valence-electron chi connectivity index (χ1n) is 9.38. The molecular formula is C27H22O3. The zero-order chi connectivity index (χ0) is 21.2. The molecule has 3 nitrogen and oxygen atoms in total. The Hall–Kier alpha value is -4.08. The van der Waals surface area contributed by atoms with Gasteiger partial charge in [-0.1, -0.05) is 35.8 Å². The second-order valence-electron chi connectivity index (χ2n) is 6.26. The molecule has 3 heteroatoms. The highest BCUT2D eigenvalue weighted by molar-refractivity contribution is 5.81. The van der Waals surface area contributed by atoms with Gasteiger partial charge in [-0.15, -0.1) is 0 Å². The molecule has 3 aromatic rings. The van der Waals surface area contributed by atoms with Gasteiger partial charge in [-0.3, -0.25) is 0 Å². The van der Waals surface area contributed by atoms with Crippen molar-refractivity contribution in [2.24, 2.45) is 0 Å². The maximum atomic E-state index is 5.25. The molecule has 0 spiro atoms. The molecule has 0 unspecified atom stereocenters. The molecule has 0 saturated heterocycles. The van der Waals surface area contributed by atoms with E-state index in [0.29, 0.717) is 0 Å². The smallest absolute Gasteiger partial charge is 0.118 e. The van der Waals surface area contributed by atoms with E-state index in [1.807, 2.05) is 78.9 Å². The maximum Gasteiger partial charge on any atom is 0.118 e. The van der Waals surface area contributed by atoms with Crippen LogP contribution in [0.25, 0.3) is 5.57 Å². The first-order valence-corrected chi connectivity index (χ1v) is 9.38. The molecule has 0 radical (unpaired) electrons. The third kappa shape index (κ3) is 5.71. The average Bonchev–Trinajstić information content (AvgIpc) is 2.82. The van der Waals surface area contributed by atoms with Crippen LogP contribution in [0.3, 0.4) is 0 Å². The van der Waals surface area contributed by atoms with Gasteiger partial charge in [0.05, 0.1) is 21.3 Å². The van der Waals surface area contributed by atoms with Crippen LogP contribution in [0.2, 0.25) is 0 Å². The highest BCUT2D eigenvalue weighted by atomic mass is 16.5. The standard InChI is InChI=1S/C27H22O3/c1-28-25-15-8-21(9-16-25)5-4-6-23(24-13-19-27(30-3)20-14-24)12-7-22-10-17-26(29-2)18-11-22/h6,8-11,13-20H,1-3H3/b23-6-. The summed E-state index contributed by atoms with van der Waals surface area (Å²) in [5, 5.41) is 0. The van der Waals surface area contributed by atoms with Gasteiger partial charge in [0.2, 0.25) is 0 Å².